The van der Waals surface area contributed by atoms with Gasteiger partial charge >= 0.3 is 18.0 Å². The molecule has 0 aliphatic carbocycles. The molecule has 11 heteroatoms. The molecule has 0 spiro atoms. The maximum atomic E-state index is 13.6. The van der Waals surface area contributed by atoms with E-state index in [-0.39, 0.29) is 0 Å². The van der Waals surface area contributed by atoms with E-state index >= 15 is 0 Å². The van der Waals surface area contributed by atoms with Crippen LogP contribution in [0.4, 0.5) is 36.4 Å². The van der Waals surface area contributed by atoms with Gasteiger partial charge in [0.1, 0.15) is 5.82 Å². The number of carbonyl (C=O) groups is 1. The molecule has 2 N–H and O–H groups in total. The summed E-state index contributed by atoms with van der Waals surface area (Å²) in [5.41, 5.74) is -6.55. The third-order valence-corrected chi connectivity index (χ3v) is 3.27. The van der Waals surface area contributed by atoms with Crippen LogP contribution in [0.5, 0.6) is 0 Å². The highest BCUT2D eigenvalue weighted by Crippen LogP contribution is 2.44. The molecule has 1 aromatic carbocycles. The first-order chi connectivity index (χ1) is 12.0. The number of anilines is 1. The van der Waals surface area contributed by atoms with Crippen LogP contribution in [0.25, 0.3) is 0 Å². The van der Waals surface area contributed by atoms with Crippen LogP contribution in [0, 0.1) is 5.82 Å². The second kappa shape index (κ2) is 6.81. The Morgan fingerprint density at radius 3 is 2.04 bits per heavy atom. The van der Waals surface area contributed by atoms with E-state index in [9.17, 15) is 35.5 Å². The Balaban J connectivity index is 2.54. The van der Waals surface area contributed by atoms with Gasteiger partial charge in [-0.3, -0.25) is 9.78 Å². The molecular weight excluding hydrogens is 371 g/mol. The summed E-state index contributed by atoms with van der Waals surface area (Å²) in [6.45, 7) is 0. The van der Waals surface area contributed by atoms with Crippen molar-refractivity contribution in [2.75, 3.05) is 5.32 Å². The second-order valence-electron chi connectivity index (χ2n) is 5.05. The van der Waals surface area contributed by atoms with Gasteiger partial charge in [-0.05, 0) is 24.3 Å². The molecule has 26 heavy (non-hydrogen) atoms. The summed E-state index contributed by atoms with van der Waals surface area (Å²) in [5, 5.41) is 1.96. The van der Waals surface area contributed by atoms with Crippen LogP contribution in [0.2, 0.25) is 0 Å². The van der Waals surface area contributed by atoms with E-state index in [1.165, 1.54) is 6.20 Å². The number of para-hydroxylation sites is 1. The van der Waals surface area contributed by atoms with Gasteiger partial charge in [0, 0.05) is 12.4 Å². The van der Waals surface area contributed by atoms with Crippen molar-refractivity contribution in [3.05, 3.63) is 60.2 Å². The average Bonchev–Trinajstić information content (AvgIpc) is 2.54. The van der Waals surface area contributed by atoms with E-state index in [0.29, 0.717) is 12.1 Å². The van der Waals surface area contributed by atoms with E-state index in [1.54, 1.807) is 0 Å². The number of nitrogens with one attached hydrogen (secondary N) is 2. The van der Waals surface area contributed by atoms with Crippen LogP contribution in [0.15, 0.2) is 48.8 Å². The van der Waals surface area contributed by atoms with Gasteiger partial charge < -0.3 is 10.6 Å². The highest BCUT2D eigenvalue weighted by molar-refractivity contribution is 5.94. The zero-order valence-electron chi connectivity index (χ0n) is 12.6. The zero-order chi connectivity index (χ0) is 19.6. The van der Waals surface area contributed by atoms with E-state index in [2.05, 4.69) is 4.98 Å². The van der Waals surface area contributed by atoms with Crippen LogP contribution in [0.1, 0.15) is 10.4 Å². The number of nitrogens with zero attached hydrogens (tertiary/aromatic N) is 1. The minimum absolute atomic E-state index is 0.541. The molecule has 2 rings (SSSR count). The minimum Gasteiger partial charge on any atom is -0.345 e. The van der Waals surface area contributed by atoms with Gasteiger partial charge in [0.25, 0.3) is 5.91 Å². The van der Waals surface area contributed by atoms with Crippen molar-refractivity contribution in [3.8, 4) is 0 Å². The van der Waals surface area contributed by atoms with Gasteiger partial charge in [-0.25, -0.2) is 4.39 Å². The number of benzene rings is 1. The fourth-order valence-corrected chi connectivity index (χ4v) is 1.98. The molecule has 0 aliphatic rings. The highest BCUT2D eigenvalue weighted by atomic mass is 19.4. The fourth-order valence-electron chi connectivity index (χ4n) is 1.98. The third-order valence-electron chi connectivity index (χ3n) is 3.27. The Bertz CT molecular complexity index is 761. The molecule has 0 aliphatic heterocycles. The number of aromatic nitrogens is 1. The summed E-state index contributed by atoms with van der Waals surface area (Å²) in [7, 11) is 0. The largest absolute Gasteiger partial charge is 0.439 e. The molecule has 0 saturated carbocycles. The Labute approximate surface area is 142 Å². The Morgan fingerprint density at radius 2 is 1.54 bits per heavy atom. The number of hydrogen-bond acceptors (Lipinski definition) is 3. The highest BCUT2D eigenvalue weighted by Gasteiger charge is 2.72. The maximum absolute atomic E-state index is 13.6. The van der Waals surface area contributed by atoms with Crippen molar-refractivity contribution in [3.63, 3.8) is 0 Å². The van der Waals surface area contributed by atoms with Crippen LogP contribution in [-0.2, 0) is 0 Å². The lowest BCUT2D eigenvalue weighted by Crippen LogP contribution is -2.72. The summed E-state index contributed by atoms with van der Waals surface area (Å²) >= 11 is 0. The van der Waals surface area contributed by atoms with Gasteiger partial charge in [0.15, 0.2) is 0 Å². The second-order valence-corrected chi connectivity index (χ2v) is 5.05. The van der Waals surface area contributed by atoms with Crippen LogP contribution in [-0.4, -0.2) is 28.9 Å². The van der Waals surface area contributed by atoms with Crippen molar-refractivity contribution >= 4 is 11.6 Å². The minimum atomic E-state index is -6.05. The number of halogens is 7. The lowest BCUT2D eigenvalue weighted by atomic mass is 10.1. The maximum Gasteiger partial charge on any atom is 0.439 e. The molecule has 2 aromatic rings. The number of alkyl halides is 6. The van der Waals surface area contributed by atoms with Gasteiger partial charge in [0.2, 0.25) is 0 Å². The number of carbonyl (C=O) groups excluding carboxylic acids is 1. The molecule has 4 nitrogen and oxygen atoms in total. The monoisotopic (exact) mass is 381 g/mol. The van der Waals surface area contributed by atoms with Crippen molar-refractivity contribution in [2.24, 2.45) is 0 Å². The average molecular weight is 381 g/mol. The summed E-state index contributed by atoms with van der Waals surface area (Å²) in [5.74, 6) is -3.06. The van der Waals surface area contributed by atoms with E-state index < -0.39 is 41.0 Å². The first-order valence-electron chi connectivity index (χ1n) is 6.86. The summed E-state index contributed by atoms with van der Waals surface area (Å²) in [6, 6.07) is 5.59. The molecule has 1 amide bonds. The van der Waals surface area contributed by atoms with Gasteiger partial charge in [-0.15, -0.1) is 0 Å². The smallest absolute Gasteiger partial charge is 0.345 e. The Kier molecular flexibility index (Phi) is 5.10. The van der Waals surface area contributed by atoms with Gasteiger partial charge in [-0.1, -0.05) is 12.1 Å². The fraction of sp³-hybridized carbons (Fsp3) is 0.200. The summed E-state index contributed by atoms with van der Waals surface area (Å²) in [4.78, 5) is 15.4. The zero-order valence-corrected chi connectivity index (χ0v) is 12.6. The quantitative estimate of drug-likeness (QED) is 0.624. The molecular formula is C15H10F7N3O. The molecule has 0 fully saturated rings. The molecule has 1 aromatic heterocycles. The number of pyridine rings is 1. The predicted octanol–water partition coefficient (Wildman–Crippen LogP) is 3.88. The molecule has 0 bridgehead atoms. The lowest BCUT2D eigenvalue weighted by Gasteiger charge is -2.39. The van der Waals surface area contributed by atoms with Crippen LogP contribution < -0.4 is 10.6 Å². The first kappa shape index (κ1) is 19.5. The van der Waals surface area contributed by atoms with Crippen molar-refractivity contribution in [2.45, 2.75) is 18.0 Å². The standard InChI is InChI=1S/C15H10F7N3O/c16-10-5-1-2-6-11(10)24-13(14(17,18)19,15(20,21)22)25-12(26)9-4-3-7-23-8-9/h1-8,24H,(H,25,26). The molecule has 1 heterocycles. The Hall–Kier alpha value is -2.85. The lowest BCUT2D eigenvalue weighted by molar-refractivity contribution is -0.294. The van der Waals surface area contributed by atoms with E-state index in [0.717, 1.165) is 41.1 Å². The molecule has 0 radical (unpaired) electrons. The molecule has 0 atom stereocenters. The van der Waals surface area contributed by atoms with E-state index in [4.69, 9.17) is 0 Å². The third kappa shape index (κ3) is 3.70. The van der Waals surface area contributed by atoms with Crippen molar-refractivity contribution in [1.82, 2.24) is 10.3 Å². The molecule has 0 saturated heterocycles. The predicted molar refractivity (Wildman–Crippen MR) is 76.6 cm³/mol. The van der Waals surface area contributed by atoms with Crippen molar-refractivity contribution in [1.29, 1.82) is 0 Å². The topological polar surface area (TPSA) is 54.0 Å². The number of rotatable bonds is 4. The van der Waals surface area contributed by atoms with Gasteiger partial charge in [-0.2, -0.15) is 26.3 Å². The van der Waals surface area contributed by atoms with Crippen LogP contribution in [0.3, 0.4) is 0 Å². The van der Waals surface area contributed by atoms with Gasteiger partial charge in [0.05, 0.1) is 11.3 Å². The molecule has 140 valence electrons. The SMILES string of the molecule is O=C(NC(Nc1ccccc1F)(C(F)(F)F)C(F)(F)F)c1cccnc1. The van der Waals surface area contributed by atoms with Crippen molar-refractivity contribution < 1.29 is 35.5 Å². The van der Waals surface area contributed by atoms with E-state index in [1.807, 2.05) is 0 Å². The number of amides is 1. The molecule has 0 unspecified atom stereocenters. The number of hydrogen-bond donors (Lipinski definition) is 2. The summed E-state index contributed by atoms with van der Waals surface area (Å²) in [6.07, 6.45) is -10.1. The summed E-state index contributed by atoms with van der Waals surface area (Å²) < 4.78 is 94.2. The van der Waals surface area contributed by atoms with Crippen LogP contribution >= 0.6 is 0 Å². The normalized spacial score (nSPS) is 12.6. The first-order valence-corrected chi connectivity index (χ1v) is 6.86. The Morgan fingerprint density at radius 1 is 0.923 bits per heavy atom.